The van der Waals surface area contributed by atoms with Gasteiger partial charge in [0.25, 0.3) is 0 Å². The second-order valence-corrected chi connectivity index (χ2v) is 8.33. The Balaban J connectivity index is 1.86. The maximum absolute atomic E-state index is 8.58. The molecule has 2 nitrogen and oxygen atoms in total. The molecule has 0 aliphatic carbocycles. The molecule has 0 spiro atoms. The third-order valence-electron chi connectivity index (χ3n) is 4.62. The van der Waals surface area contributed by atoms with E-state index >= 15 is 0 Å². The Morgan fingerprint density at radius 1 is 1.00 bits per heavy atom. The van der Waals surface area contributed by atoms with Crippen LogP contribution in [0.15, 0.2) is 59.1 Å². The van der Waals surface area contributed by atoms with Gasteiger partial charge >= 0.3 is 0 Å². The fraction of sp³-hybridized carbons (Fsp3) is 0.320. The van der Waals surface area contributed by atoms with E-state index in [0.29, 0.717) is 5.56 Å². The first-order chi connectivity index (χ1) is 13.9. The average Bonchev–Trinajstić information content (AvgIpc) is 3.03. The van der Waals surface area contributed by atoms with Gasteiger partial charge in [-0.3, -0.25) is 4.98 Å². The molecule has 0 amide bonds. The highest BCUT2D eigenvalue weighted by molar-refractivity contribution is 6.06. The fourth-order valence-electron chi connectivity index (χ4n) is 3.35. The van der Waals surface area contributed by atoms with Gasteiger partial charge in [0.2, 0.25) is 0 Å². The van der Waals surface area contributed by atoms with Gasteiger partial charge < -0.3 is 4.42 Å². The Bertz CT molecular complexity index is 1240. The number of rotatable bonds is 3. The van der Waals surface area contributed by atoms with Crippen molar-refractivity contribution in [2.45, 2.75) is 46.9 Å². The molecule has 0 N–H and O–H groups in total. The van der Waals surface area contributed by atoms with Crippen molar-refractivity contribution in [3.8, 4) is 11.3 Å². The minimum atomic E-state index is -1.48. The normalized spacial score (nSPS) is 14.9. The molecule has 2 heterocycles. The van der Waals surface area contributed by atoms with Gasteiger partial charge in [0.1, 0.15) is 11.2 Å². The van der Waals surface area contributed by atoms with Crippen molar-refractivity contribution in [3.63, 3.8) is 0 Å². The third kappa shape index (κ3) is 3.62. The quantitative estimate of drug-likeness (QED) is 0.381. The average molecular weight is 361 g/mol. The van der Waals surface area contributed by atoms with Crippen molar-refractivity contribution in [2.75, 3.05) is 0 Å². The Kier molecular flexibility index (Phi) is 3.49. The molecule has 0 bridgehead atoms. The topological polar surface area (TPSA) is 26.0 Å². The van der Waals surface area contributed by atoms with Gasteiger partial charge in [-0.15, -0.1) is 0 Å². The van der Waals surface area contributed by atoms with Crippen molar-refractivity contribution in [1.82, 2.24) is 4.98 Å². The number of furan rings is 1. The van der Waals surface area contributed by atoms with Crippen molar-refractivity contribution < 1.29 is 8.53 Å². The van der Waals surface area contributed by atoms with Crippen LogP contribution in [0.1, 0.15) is 55.8 Å². The predicted molar refractivity (Wildman–Crippen MR) is 114 cm³/mol. The molecule has 0 saturated carbocycles. The zero-order chi connectivity index (χ0) is 21.9. The van der Waals surface area contributed by atoms with Gasteiger partial charge in [-0.2, -0.15) is 0 Å². The minimum Gasteiger partial charge on any atom is -0.456 e. The molecular weight excluding hydrogens is 330 g/mol. The SMILES string of the molecule is [2H]C(C)(C)c1ccc2oc3ccc(-c4cc(C([2H])([2H])C(C)(C)C)ccn4)cc3c2c1. The highest BCUT2D eigenvalue weighted by Crippen LogP contribution is 2.34. The third-order valence-corrected chi connectivity index (χ3v) is 4.62. The van der Waals surface area contributed by atoms with Crippen LogP contribution < -0.4 is 0 Å². The van der Waals surface area contributed by atoms with Crippen LogP contribution in [0.2, 0.25) is 0 Å². The summed E-state index contributed by atoms with van der Waals surface area (Å²) in [6.07, 6.45) is 0.193. The summed E-state index contributed by atoms with van der Waals surface area (Å²) in [7, 11) is 0. The van der Waals surface area contributed by atoms with Crippen LogP contribution in [-0.2, 0) is 6.37 Å². The van der Waals surface area contributed by atoms with Crippen LogP contribution in [0, 0.1) is 5.41 Å². The molecule has 0 unspecified atom stereocenters. The largest absolute Gasteiger partial charge is 0.456 e. The van der Waals surface area contributed by atoms with Crippen LogP contribution in [0.25, 0.3) is 33.2 Å². The van der Waals surface area contributed by atoms with E-state index in [9.17, 15) is 0 Å². The van der Waals surface area contributed by atoms with Crippen LogP contribution in [-0.4, -0.2) is 4.98 Å². The summed E-state index contributed by atoms with van der Waals surface area (Å²) in [5, 5.41) is 1.95. The molecule has 0 aliphatic rings. The maximum Gasteiger partial charge on any atom is 0.135 e. The van der Waals surface area contributed by atoms with Crippen molar-refractivity contribution in [3.05, 3.63) is 65.9 Å². The standard InChI is InChI=1S/C25H27NO/c1-16(2)18-6-8-23-20(13-18)21-14-19(7-9-24(21)27-23)22-12-17(10-11-26-22)15-25(3,4)5/h6-14,16H,15H2,1-5H3/i15D2,16D. The summed E-state index contributed by atoms with van der Waals surface area (Å²) < 4.78 is 31.5. The smallest absolute Gasteiger partial charge is 0.135 e. The zero-order valence-corrected chi connectivity index (χ0v) is 16.6. The molecular formula is C25H27NO. The first kappa shape index (κ1) is 14.4. The molecule has 2 heteroatoms. The fourth-order valence-corrected chi connectivity index (χ4v) is 3.35. The van der Waals surface area contributed by atoms with E-state index in [-0.39, 0.29) is 0 Å². The van der Waals surface area contributed by atoms with Gasteiger partial charge in [0.05, 0.1) is 5.69 Å². The van der Waals surface area contributed by atoms with E-state index in [2.05, 4.69) is 4.98 Å². The lowest BCUT2D eigenvalue weighted by molar-refractivity contribution is 0.411. The second-order valence-electron chi connectivity index (χ2n) is 8.33. The molecule has 138 valence electrons. The van der Waals surface area contributed by atoms with E-state index in [1.807, 2.05) is 77.1 Å². The lowest BCUT2D eigenvalue weighted by Crippen LogP contribution is -2.09. The monoisotopic (exact) mass is 360 g/mol. The molecule has 0 saturated heterocycles. The number of nitrogens with zero attached hydrogens (tertiary/aromatic N) is 1. The van der Waals surface area contributed by atoms with E-state index in [0.717, 1.165) is 38.8 Å². The van der Waals surface area contributed by atoms with Gasteiger partial charge in [0.15, 0.2) is 0 Å². The number of aromatic nitrogens is 1. The van der Waals surface area contributed by atoms with E-state index < -0.39 is 17.7 Å². The molecule has 0 radical (unpaired) electrons. The molecule has 0 atom stereocenters. The Morgan fingerprint density at radius 3 is 2.41 bits per heavy atom. The number of pyridine rings is 1. The van der Waals surface area contributed by atoms with E-state index in [1.54, 1.807) is 12.3 Å². The molecule has 27 heavy (non-hydrogen) atoms. The number of benzene rings is 2. The summed E-state index contributed by atoms with van der Waals surface area (Å²) in [4.78, 5) is 4.51. The first-order valence-corrected chi connectivity index (χ1v) is 9.32. The molecule has 4 aromatic rings. The molecule has 2 aromatic carbocycles. The maximum atomic E-state index is 8.58. The van der Waals surface area contributed by atoms with Gasteiger partial charge in [-0.25, -0.2) is 0 Å². The lowest BCUT2D eigenvalue weighted by atomic mass is 9.88. The Morgan fingerprint density at radius 2 is 1.70 bits per heavy atom. The van der Waals surface area contributed by atoms with E-state index in [1.165, 1.54) is 0 Å². The minimum absolute atomic E-state index is 0.532. The lowest BCUT2D eigenvalue weighted by Gasteiger charge is -2.18. The predicted octanol–water partition coefficient (Wildman–Crippen LogP) is 7.36. The Labute approximate surface area is 165 Å². The molecule has 0 aliphatic heterocycles. The van der Waals surface area contributed by atoms with Crippen molar-refractivity contribution >= 4 is 21.9 Å². The number of hydrogen-bond donors (Lipinski definition) is 0. The highest BCUT2D eigenvalue weighted by atomic mass is 16.3. The van der Waals surface area contributed by atoms with Crippen LogP contribution in [0.3, 0.4) is 0 Å². The van der Waals surface area contributed by atoms with E-state index in [4.69, 9.17) is 8.53 Å². The van der Waals surface area contributed by atoms with Crippen LogP contribution in [0.4, 0.5) is 0 Å². The van der Waals surface area contributed by atoms with Gasteiger partial charge in [-0.05, 0) is 71.3 Å². The molecule has 4 rings (SSSR count). The summed E-state index contributed by atoms with van der Waals surface area (Å²) in [6.45, 7) is 9.47. The summed E-state index contributed by atoms with van der Waals surface area (Å²) in [6, 6.07) is 15.4. The molecule has 0 fully saturated rings. The van der Waals surface area contributed by atoms with Gasteiger partial charge in [0, 0.05) is 26.6 Å². The van der Waals surface area contributed by atoms with Crippen molar-refractivity contribution in [2.24, 2.45) is 5.41 Å². The number of fused-ring (bicyclic) bond motifs is 3. The Hall–Kier alpha value is -2.61. The molecule has 2 aromatic heterocycles. The summed E-state index contributed by atoms with van der Waals surface area (Å²) in [5.41, 5.74) is 4.24. The zero-order valence-electron chi connectivity index (χ0n) is 19.6. The van der Waals surface area contributed by atoms with Crippen LogP contribution >= 0.6 is 0 Å². The van der Waals surface area contributed by atoms with Crippen LogP contribution in [0.5, 0.6) is 0 Å². The van der Waals surface area contributed by atoms with Crippen molar-refractivity contribution in [1.29, 1.82) is 0 Å². The second kappa shape index (κ2) is 6.53. The summed E-state index contributed by atoms with van der Waals surface area (Å²) >= 11 is 0. The first-order valence-electron chi connectivity index (χ1n) is 10.8. The highest BCUT2D eigenvalue weighted by Gasteiger charge is 2.14. The van der Waals surface area contributed by atoms with Gasteiger partial charge in [-0.1, -0.05) is 40.7 Å². The summed E-state index contributed by atoms with van der Waals surface area (Å²) in [5.74, 6) is -0.691. The number of hydrogen-bond acceptors (Lipinski definition) is 2.